The van der Waals surface area contributed by atoms with E-state index in [2.05, 4.69) is 49.7 Å². The molecule has 2 aromatic carbocycles. The number of imidazole rings is 1. The third-order valence-corrected chi connectivity index (χ3v) is 7.45. The van der Waals surface area contributed by atoms with Gasteiger partial charge in [-0.05, 0) is 49.7 Å². The van der Waals surface area contributed by atoms with Crippen molar-refractivity contribution in [2.24, 2.45) is 5.92 Å². The van der Waals surface area contributed by atoms with Crippen molar-refractivity contribution in [3.8, 4) is 5.69 Å². The van der Waals surface area contributed by atoms with Crippen LogP contribution < -0.4 is 0 Å². The van der Waals surface area contributed by atoms with Crippen molar-refractivity contribution in [3.05, 3.63) is 58.8 Å². The molecule has 0 unspecified atom stereocenters. The molecule has 0 bridgehead atoms. The summed E-state index contributed by atoms with van der Waals surface area (Å²) in [5.41, 5.74) is 3.14. The van der Waals surface area contributed by atoms with Crippen LogP contribution >= 0.6 is 15.9 Å². The Morgan fingerprint density at radius 2 is 1.76 bits per heavy atom. The number of nitrogens with zero attached hydrogens (tertiary/aromatic N) is 5. The molecular weight excluding hydrogens is 494 g/mol. The van der Waals surface area contributed by atoms with Gasteiger partial charge in [0.1, 0.15) is 5.82 Å². The number of piperidine rings is 1. The van der Waals surface area contributed by atoms with Crippen molar-refractivity contribution in [3.63, 3.8) is 0 Å². The summed E-state index contributed by atoms with van der Waals surface area (Å²) in [4.78, 5) is 36.0. The number of carbonyl (C=O) groups is 2. The van der Waals surface area contributed by atoms with Crippen molar-refractivity contribution in [2.45, 2.75) is 26.3 Å². The van der Waals surface area contributed by atoms with Crippen LogP contribution in [0.5, 0.6) is 0 Å². The summed E-state index contributed by atoms with van der Waals surface area (Å²) in [5.74, 6) is 1.31. The molecule has 1 atom stereocenters. The van der Waals surface area contributed by atoms with Crippen molar-refractivity contribution in [2.75, 3.05) is 39.3 Å². The highest BCUT2D eigenvalue weighted by molar-refractivity contribution is 9.10. The zero-order chi connectivity index (χ0) is 23.7. The van der Waals surface area contributed by atoms with Crippen molar-refractivity contribution in [1.82, 2.24) is 24.3 Å². The van der Waals surface area contributed by atoms with Gasteiger partial charge in [0.25, 0.3) is 0 Å². The van der Waals surface area contributed by atoms with Gasteiger partial charge in [0.2, 0.25) is 11.8 Å². The Bertz CT molecular complexity index is 1200. The Kier molecular flexibility index (Phi) is 6.70. The van der Waals surface area contributed by atoms with Crippen LogP contribution in [0.2, 0.25) is 0 Å². The Morgan fingerprint density at radius 1 is 1.00 bits per heavy atom. The van der Waals surface area contributed by atoms with Crippen LogP contribution in [0.4, 0.5) is 0 Å². The Hall–Kier alpha value is -2.71. The fraction of sp³-hybridized carbons (Fsp3) is 0.423. The number of fused-ring (bicyclic) bond motifs is 1. The lowest BCUT2D eigenvalue weighted by Crippen LogP contribution is -2.53. The minimum Gasteiger partial charge on any atom is -0.339 e. The molecule has 2 amide bonds. The second kappa shape index (κ2) is 9.88. The fourth-order valence-electron chi connectivity index (χ4n) is 5.19. The second-order valence-electron chi connectivity index (χ2n) is 9.24. The Balaban J connectivity index is 1.33. The number of piperazine rings is 1. The van der Waals surface area contributed by atoms with E-state index in [1.54, 1.807) is 6.92 Å². The van der Waals surface area contributed by atoms with E-state index < -0.39 is 0 Å². The number of carbonyl (C=O) groups excluding carboxylic acids is 2. The molecule has 3 aromatic rings. The molecule has 8 heteroatoms. The smallest absolute Gasteiger partial charge is 0.227 e. The lowest BCUT2D eigenvalue weighted by Gasteiger charge is -2.38. The summed E-state index contributed by atoms with van der Waals surface area (Å²) in [6, 6.07) is 16.5. The molecule has 7 nitrogen and oxygen atoms in total. The molecule has 178 valence electrons. The van der Waals surface area contributed by atoms with Crippen molar-refractivity contribution in [1.29, 1.82) is 0 Å². The normalized spacial score (nSPS) is 19.5. The van der Waals surface area contributed by atoms with Crippen molar-refractivity contribution < 1.29 is 9.59 Å². The predicted octanol–water partition coefficient (Wildman–Crippen LogP) is 3.69. The topological polar surface area (TPSA) is 61.7 Å². The van der Waals surface area contributed by atoms with E-state index in [4.69, 9.17) is 4.98 Å². The maximum absolute atomic E-state index is 13.3. The fourth-order valence-corrected chi connectivity index (χ4v) is 5.57. The van der Waals surface area contributed by atoms with Gasteiger partial charge in [-0.2, -0.15) is 0 Å². The van der Waals surface area contributed by atoms with Gasteiger partial charge in [-0.25, -0.2) is 4.98 Å². The van der Waals surface area contributed by atoms with E-state index in [-0.39, 0.29) is 17.7 Å². The first-order valence-electron chi connectivity index (χ1n) is 12.0. The number of aromatic nitrogens is 2. The molecule has 1 aromatic heterocycles. The average molecular weight is 524 g/mol. The van der Waals surface area contributed by atoms with E-state index in [9.17, 15) is 9.59 Å². The molecule has 0 radical (unpaired) electrons. The first-order chi connectivity index (χ1) is 16.5. The predicted molar refractivity (Wildman–Crippen MR) is 136 cm³/mol. The van der Waals surface area contributed by atoms with Gasteiger partial charge in [0.05, 0.1) is 23.5 Å². The summed E-state index contributed by atoms with van der Waals surface area (Å²) >= 11 is 3.60. The molecular formula is C26H30BrN5O2. The number of halogens is 1. The van der Waals surface area contributed by atoms with Crippen LogP contribution in [0.25, 0.3) is 16.7 Å². The zero-order valence-electron chi connectivity index (χ0n) is 19.5. The van der Waals surface area contributed by atoms with E-state index in [0.29, 0.717) is 32.7 Å². The van der Waals surface area contributed by atoms with Crippen LogP contribution in [0, 0.1) is 5.92 Å². The number of rotatable bonds is 4. The number of likely N-dealkylation sites (tertiary alicyclic amines) is 1. The third kappa shape index (κ3) is 4.74. The molecule has 2 aliphatic rings. The lowest BCUT2D eigenvalue weighted by molar-refractivity contribution is -0.142. The molecule has 2 fully saturated rings. The van der Waals surface area contributed by atoms with E-state index in [1.807, 2.05) is 34.1 Å². The van der Waals surface area contributed by atoms with Gasteiger partial charge in [0.15, 0.2) is 0 Å². The highest BCUT2D eigenvalue weighted by Crippen LogP contribution is 2.27. The number of para-hydroxylation sites is 2. The summed E-state index contributed by atoms with van der Waals surface area (Å²) in [7, 11) is 0. The lowest BCUT2D eigenvalue weighted by atomic mass is 9.96. The van der Waals surface area contributed by atoms with Gasteiger partial charge in [-0.3, -0.25) is 19.1 Å². The minimum atomic E-state index is 0.00123. The molecule has 2 saturated heterocycles. The highest BCUT2D eigenvalue weighted by atomic mass is 79.9. The van der Waals surface area contributed by atoms with Gasteiger partial charge in [-0.1, -0.05) is 34.1 Å². The summed E-state index contributed by atoms with van der Waals surface area (Å²) < 4.78 is 3.26. The van der Waals surface area contributed by atoms with Crippen LogP contribution in [0.15, 0.2) is 53.0 Å². The molecule has 2 aliphatic heterocycles. The molecule has 5 rings (SSSR count). The quantitative estimate of drug-likeness (QED) is 0.523. The SMILES string of the molecule is CC(=O)N1CCN(C(=O)[C@H]2CCCN(Cc3nc4ccccc4n3-c3cccc(Br)c3)C2)CC1. The van der Waals surface area contributed by atoms with Gasteiger partial charge in [0, 0.05) is 49.8 Å². The van der Waals surface area contributed by atoms with Crippen LogP contribution in [0.3, 0.4) is 0 Å². The number of amides is 2. The monoisotopic (exact) mass is 523 g/mol. The molecule has 3 heterocycles. The van der Waals surface area contributed by atoms with Gasteiger partial charge in [-0.15, -0.1) is 0 Å². The molecule has 0 aliphatic carbocycles. The molecule has 0 spiro atoms. The number of hydrogen-bond acceptors (Lipinski definition) is 4. The number of hydrogen-bond donors (Lipinski definition) is 0. The van der Waals surface area contributed by atoms with Gasteiger partial charge < -0.3 is 9.80 Å². The van der Waals surface area contributed by atoms with E-state index in [1.165, 1.54) is 0 Å². The van der Waals surface area contributed by atoms with Crippen molar-refractivity contribution >= 4 is 38.8 Å². The summed E-state index contributed by atoms with van der Waals surface area (Å²) in [6.07, 6.45) is 1.92. The first kappa shape index (κ1) is 23.1. The standard InChI is InChI=1S/C26H30BrN5O2/c1-19(33)30-12-14-31(15-13-30)26(34)20-6-5-11-29(17-20)18-25-28-23-9-2-3-10-24(23)32(25)22-8-4-7-21(27)16-22/h2-4,7-10,16,20H,5-6,11-15,17-18H2,1H3/t20-/m0/s1. The molecule has 0 saturated carbocycles. The van der Waals surface area contributed by atoms with Crippen LogP contribution in [0.1, 0.15) is 25.6 Å². The summed E-state index contributed by atoms with van der Waals surface area (Å²) in [5, 5.41) is 0. The number of benzene rings is 2. The molecule has 34 heavy (non-hydrogen) atoms. The Labute approximate surface area is 208 Å². The van der Waals surface area contributed by atoms with Crippen LogP contribution in [-0.2, 0) is 16.1 Å². The maximum atomic E-state index is 13.3. The first-order valence-corrected chi connectivity index (χ1v) is 12.8. The molecule has 0 N–H and O–H groups in total. The van der Waals surface area contributed by atoms with Crippen LogP contribution in [-0.4, -0.2) is 75.3 Å². The van der Waals surface area contributed by atoms with E-state index >= 15 is 0 Å². The zero-order valence-corrected chi connectivity index (χ0v) is 21.1. The van der Waals surface area contributed by atoms with E-state index in [0.717, 1.165) is 52.9 Å². The summed E-state index contributed by atoms with van der Waals surface area (Å²) in [6.45, 7) is 6.53. The maximum Gasteiger partial charge on any atom is 0.227 e. The van der Waals surface area contributed by atoms with Gasteiger partial charge >= 0.3 is 0 Å². The Morgan fingerprint density at radius 3 is 2.53 bits per heavy atom. The second-order valence-corrected chi connectivity index (χ2v) is 10.2. The highest BCUT2D eigenvalue weighted by Gasteiger charge is 2.32. The third-order valence-electron chi connectivity index (χ3n) is 6.95. The minimum absolute atomic E-state index is 0.00123. The largest absolute Gasteiger partial charge is 0.339 e. The average Bonchev–Trinajstić information content (AvgIpc) is 3.21.